The fourth-order valence-corrected chi connectivity index (χ4v) is 3.43. The molecule has 1 aliphatic heterocycles. The molecule has 1 aromatic heterocycles. The molecule has 0 unspecified atom stereocenters. The van der Waals surface area contributed by atoms with E-state index in [0.717, 1.165) is 5.56 Å². The number of hydrogen-bond acceptors (Lipinski definition) is 5. The third kappa shape index (κ3) is 3.25. The minimum Gasteiger partial charge on any atom is -0.508 e. The van der Waals surface area contributed by atoms with Gasteiger partial charge in [-0.25, -0.2) is 0 Å². The Bertz CT molecular complexity index is 1100. The fraction of sp³-hybridized carbons (Fsp3) is 0.0870. The maximum atomic E-state index is 12.9. The number of rotatable bonds is 3. The number of pyridine rings is 1. The largest absolute Gasteiger partial charge is 0.508 e. The maximum absolute atomic E-state index is 12.9. The van der Waals surface area contributed by atoms with Gasteiger partial charge in [0.2, 0.25) is 0 Å². The Labute approximate surface area is 167 Å². The van der Waals surface area contributed by atoms with E-state index in [4.69, 9.17) is 0 Å². The summed E-state index contributed by atoms with van der Waals surface area (Å²) in [6.45, 7) is 1.92. The third-order valence-electron chi connectivity index (χ3n) is 4.90. The van der Waals surface area contributed by atoms with E-state index in [0.29, 0.717) is 16.8 Å². The zero-order valence-electron chi connectivity index (χ0n) is 15.6. The van der Waals surface area contributed by atoms with Gasteiger partial charge in [0.1, 0.15) is 11.5 Å². The van der Waals surface area contributed by atoms with Crippen molar-refractivity contribution in [3.05, 3.63) is 95.3 Å². The van der Waals surface area contributed by atoms with Gasteiger partial charge in [0.25, 0.3) is 11.7 Å². The quantitative estimate of drug-likeness (QED) is 0.407. The number of hydrogen-bond donors (Lipinski definition) is 2. The van der Waals surface area contributed by atoms with Crippen LogP contribution in [0.15, 0.2) is 78.6 Å². The Morgan fingerprint density at radius 3 is 2.31 bits per heavy atom. The van der Waals surface area contributed by atoms with Gasteiger partial charge in [0.15, 0.2) is 0 Å². The first kappa shape index (κ1) is 18.4. The second-order valence-electron chi connectivity index (χ2n) is 6.84. The Hall–Kier alpha value is -3.93. The van der Waals surface area contributed by atoms with Crippen LogP contribution >= 0.6 is 0 Å². The fourth-order valence-electron chi connectivity index (χ4n) is 3.43. The number of benzene rings is 2. The minimum absolute atomic E-state index is 0.00611. The molecular weight excluding hydrogens is 368 g/mol. The molecule has 0 spiro atoms. The van der Waals surface area contributed by atoms with Gasteiger partial charge in [-0.15, -0.1) is 0 Å². The van der Waals surface area contributed by atoms with Crippen molar-refractivity contribution in [3.8, 4) is 5.75 Å². The summed E-state index contributed by atoms with van der Waals surface area (Å²) in [5, 5.41) is 20.6. The lowest BCUT2D eigenvalue weighted by atomic mass is 9.95. The number of carbonyl (C=O) groups excluding carboxylic acids is 2. The standard InChI is InChI=1S/C23H18N2O4/c1-14-4-6-16(7-5-14)21(27)19-20(15-8-10-18(26)11-9-15)25(23(29)22(19)28)17-3-2-12-24-13-17/h2-13,20,26-27H,1H3/t20-/m0/s1. The van der Waals surface area contributed by atoms with Crippen LogP contribution in [0.25, 0.3) is 5.76 Å². The van der Waals surface area contributed by atoms with Gasteiger partial charge in [-0.3, -0.25) is 19.5 Å². The molecule has 1 amide bonds. The Morgan fingerprint density at radius 1 is 1.00 bits per heavy atom. The van der Waals surface area contributed by atoms with Crippen molar-refractivity contribution in [1.82, 2.24) is 4.98 Å². The van der Waals surface area contributed by atoms with Crippen LogP contribution in [0.4, 0.5) is 5.69 Å². The first-order valence-electron chi connectivity index (χ1n) is 9.04. The Morgan fingerprint density at radius 2 is 1.69 bits per heavy atom. The molecular formula is C23H18N2O4. The van der Waals surface area contributed by atoms with Crippen molar-refractivity contribution in [2.24, 2.45) is 0 Å². The van der Waals surface area contributed by atoms with Crippen molar-refractivity contribution in [2.75, 3.05) is 4.90 Å². The summed E-state index contributed by atoms with van der Waals surface area (Å²) in [5.74, 6) is -1.70. The van der Waals surface area contributed by atoms with E-state index in [1.807, 2.05) is 19.1 Å². The molecule has 6 nitrogen and oxygen atoms in total. The number of Topliss-reactive ketones (excluding diaryl/α,β-unsaturated/α-hetero) is 1. The number of ketones is 1. The third-order valence-corrected chi connectivity index (χ3v) is 4.90. The lowest BCUT2D eigenvalue weighted by Gasteiger charge is -2.25. The number of aliphatic hydroxyl groups excluding tert-OH is 1. The molecule has 6 heteroatoms. The van der Waals surface area contributed by atoms with Crippen molar-refractivity contribution in [1.29, 1.82) is 0 Å². The zero-order valence-corrected chi connectivity index (χ0v) is 15.6. The van der Waals surface area contributed by atoms with Crippen LogP contribution in [0.3, 0.4) is 0 Å². The molecule has 4 rings (SSSR count). The van der Waals surface area contributed by atoms with E-state index in [2.05, 4.69) is 4.98 Å². The highest BCUT2D eigenvalue weighted by Crippen LogP contribution is 2.42. The van der Waals surface area contributed by atoms with Crippen LogP contribution in [0.1, 0.15) is 22.7 Å². The SMILES string of the molecule is Cc1ccc(C(O)=C2C(=O)C(=O)N(c3cccnc3)[C@H]2c2ccc(O)cc2)cc1. The molecule has 0 saturated carbocycles. The number of aliphatic hydroxyl groups is 1. The maximum Gasteiger partial charge on any atom is 0.300 e. The summed E-state index contributed by atoms with van der Waals surface area (Å²) in [5.41, 5.74) is 2.47. The molecule has 3 aromatic rings. The monoisotopic (exact) mass is 386 g/mol. The van der Waals surface area contributed by atoms with Crippen LogP contribution in [0.5, 0.6) is 5.75 Å². The van der Waals surface area contributed by atoms with Crippen LogP contribution in [0.2, 0.25) is 0 Å². The predicted molar refractivity (Wildman–Crippen MR) is 108 cm³/mol. The lowest BCUT2D eigenvalue weighted by molar-refractivity contribution is -0.132. The average Bonchev–Trinajstić information content (AvgIpc) is 3.00. The predicted octanol–water partition coefficient (Wildman–Crippen LogP) is 3.72. The highest BCUT2D eigenvalue weighted by Gasteiger charge is 2.47. The molecule has 1 atom stereocenters. The smallest absolute Gasteiger partial charge is 0.300 e. The van der Waals surface area contributed by atoms with Crippen LogP contribution < -0.4 is 4.90 Å². The number of aryl methyl sites for hydroxylation is 1. The topological polar surface area (TPSA) is 90.7 Å². The highest BCUT2D eigenvalue weighted by molar-refractivity contribution is 6.51. The van der Waals surface area contributed by atoms with E-state index in [9.17, 15) is 19.8 Å². The molecule has 0 bridgehead atoms. The molecule has 2 aromatic carbocycles. The Kier molecular flexibility index (Phi) is 4.60. The summed E-state index contributed by atoms with van der Waals surface area (Å²) in [6.07, 6.45) is 3.06. The van der Waals surface area contributed by atoms with Crippen molar-refractivity contribution in [2.45, 2.75) is 13.0 Å². The van der Waals surface area contributed by atoms with Gasteiger partial charge in [-0.05, 0) is 36.8 Å². The van der Waals surface area contributed by atoms with E-state index in [1.165, 1.54) is 23.2 Å². The van der Waals surface area contributed by atoms with Gasteiger partial charge in [-0.1, -0.05) is 42.0 Å². The number of anilines is 1. The molecule has 2 heterocycles. The number of aromatic hydroxyl groups is 1. The first-order valence-corrected chi connectivity index (χ1v) is 9.04. The van der Waals surface area contributed by atoms with Gasteiger partial charge in [0, 0.05) is 11.8 Å². The molecule has 29 heavy (non-hydrogen) atoms. The number of nitrogens with zero attached hydrogens (tertiary/aromatic N) is 2. The van der Waals surface area contributed by atoms with E-state index in [-0.39, 0.29) is 17.1 Å². The van der Waals surface area contributed by atoms with E-state index in [1.54, 1.807) is 42.6 Å². The van der Waals surface area contributed by atoms with Crippen molar-refractivity contribution < 1.29 is 19.8 Å². The molecule has 1 aliphatic rings. The van der Waals surface area contributed by atoms with Gasteiger partial charge >= 0.3 is 0 Å². The lowest BCUT2D eigenvalue weighted by Crippen LogP contribution is -2.29. The summed E-state index contributed by atoms with van der Waals surface area (Å²) in [7, 11) is 0. The summed E-state index contributed by atoms with van der Waals surface area (Å²) < 4.78 is 0. The van der Waals surface area contributed by atoms with Gasteiger partial charge < -0.3 is 10.2 Å². The van der Waals surface area contributed by atoms with Crippen molar-refractivity contribution in [3.63, 3.8) is 0 Å². The van der Waals surface area contributed by atoms with Crippen LogP contribution in [-0.2, 0) is 9.59 Å². The van der Waals surface area contributed by atoms with Crippen LogP contribution in [0, 0.1) is 6.92 Å². The number of phenolic OH excluding ortho intramolecular Hbond substituents is 1. The Balaban J connectivity index is 1.94. The molecule has 144 valence electrons. The average molecular weight is 386 g/mol. The van der Waals surface area contributed by atoms with Gasteiger partial charge in [-0.2, -0.15) is 0 Å². The summed E-state index contributed by atoms with van der Waals surface area (Å²) in [6, 6.07) is 15.8. The second-order valence-corrected chi connectivity index (χ2v) is 6.84. The molecule has 2 N–H and O–H groups in total. The minimum atomic E-state index is -0.846. The zero-order chi connectivity index (χ0) is 20.5. The number of aromatic nitrogens is 1. The number of phenols is 1. The second kappa shape index (κ2) is 7.24. The van der Waals surface area contributed by atoms with Crippen LogP contribution in [-0.4, -0.2) is 26.9 Å². The molecule has 0 aliphatic carbocycles. The van der Waals surface area contributed by atoms with E-state index >= 15 is 0 Å². The normalized spacial score (nSPS) is 18.2. The number of carbonyl (C=O) groups is 2. The summed E-state index contributed by atoms with van der Waals surface area (Å²) >= 11 is 0. The molecule has 1 saturated heterocycles. The molecule has 1 fully saturated rings. The highest BCUT2D eigenvalue weighted by atomic mass is 16.3. The van der Waals surface area contributed by atoms with E-state index < -0.39 is 17.7 Å². The number of amides is 1. The van der Waals surface area contributed by atoms with Crippen molar-refractivity contribution >= 4 is 23.1 Å². The van der Waals surface area contributed by atoms with Gasteiger partial charge in [0.05, 0.1) is 23.5 Å². The summed E-state index contributed by atoms with van der Waals surface area (Å²) in [4.78, 5) is 31.2. The molecule has 0 radical (unpaired) electrons. The first-order chi connectivity index (χ1) is 14.0.